The highest BCUT2D eigenvalue weighted by Gasteiger charge is 2.04. The van der Waals surface area contributed by atoms with Crippen LogP contribution in [0.5, 0.6) is 23.0 Å². The van der Waals surface area contributed by atoms with E-state index in [4.69, 9.17) is 33.2 Å². The predicted octanol–water partition coefficient (Wildman–Crippen LogP) is 3.91. The van der Waals surface area contributed by atoms with Crippen molar-refractivity contribution in [1.29, 1.82) is 0 Å². The molecule has 0 aromatic heterocycles. The lowest BCUT2D eigenvalue weighted by Crippen LogP contribution is -2.11. The van der Waals surface area contributed by atoms with E-state index in [-0.39, 0.29) is 0 Å². The molecule has 0 spiro atoms. The van der Waals surface area contributed by atoms with Crippen molar-refractivity contribution in [2.75, 3.05) is 39.6 Å². The maximum Gasteiger partial charge on any atom is 0.169 e. The first kappa shape index (κ1) is 20.4. The Morgan fingerprint density at radius 1 is 0.448 bits per heavy atom. The number of para-hydroxylation sites is 4. The van der Waals surface area contributed by atoms with E-state index < -0.39 is 0 Å². The summed E-state index contributed by atoms with van der Waals surface area (Å²) >= 11 is 0. The molecule has 29 heavy (non-hydrogen) atoms. The molecule has 0 atom stereocenters. The third-order valence-corrected chi connectivity index (χ3v) is 3.68. The number of rotatable bonds is 0. The number of fused-ring (bicyclic) bond motifs is 2. The van der Waals surface area contributed by atoms with Gasteiger partial charge in [-0.3, -0.25) is 0 Å². The molecule has 0 radical (unpaired) electrons. The standard InChI is InChI=1S/C22H24O7/c1-3-7-21-19(5-1)26-15-11-23-9-10-24-12-16-27-20-6-2-4-8-22(20)29-18-14-25-13-17-28-21/h1-8,11,13,15,17H,9-10,12,14,16,18H2/b15-11-,17-13-. The van der Waals surface area contributed by atoms with E-state index >= 15 is 0 Å². The van der Waals surface area contributed by atoms with Gasteiger partial charge in [0.25, 0.3) is 0 Å². The van der Waals surface area contributed by atoms with Crippen molar-refractivity contribution in [3.8, 4) is 23.0 Å². The third kappa shape index (κ3) is 7.31. The van der Waals surface area contributed by atoms with E-state index in [1.165, 1.54) is 25.0 Å². The van der Waals surface area contributed by atoms with Crippen molar-refractivity contribution in [3.63, 3.8) is 0 Å². The van der Waals surface area contributed by atoms with Crippen molar-refractivity contribution in [3.05, 3.63) is 73.6 Å². The summed E-state index contributed by atoms with van der Waals surface area (Å²) in [5, 5.41) is 0. The lowest BCUT2D eigenvalue weighted by Gasteiger charge is -2.12. The molecule has 154 valence electrons. The minimum Gasteiger partial charge on any atom is -0.496 e. The molecule has 0 N–H and O–H groups in total. The van der Waals surface area contributed by atoms with E-state index in [1.807, 2.05) is 36.4 Å². The first-order valence-electron chi connectivity index (χ1n) is 9.31. The molecule has 1 aliphatic rings. The van der Waals surface area contributed by atoms with Crippen LogP contribution in [0.15, 0.2) is 73.6 Å². The molecule has 0 fully saturated rings. The fourth-order valence-electron chi connectivity index (χ4n) is 2.37. The van der Waals surface area contributed by atoms with Gasteiger partial charge in [-0.25, -0.2) is 0 Å². The molecule has 0 bridgehead atoms. The van der Waals surface area contributed by atoms with Gasteiger partial charge in [-0.1, -0.05) is 24.3 Å². The fourth-order valence-corrected chi connectivity index (χ4v) is 2.37. The zero-order valence-electron chi connectivity index (χ0n) is 16.0. The molecule has 0 saturated carbocycles. The van der Waals surface area contributed by atoms with Crippen LogP contribution in [0, 0.1) is 0 Å². The van der Waals surface area contributed by atoms with Gasteiger partial charge >= 0.3 is 0 Å². The molecule has 7 heteroatoms. The molecule has 1 aliphatic heterocycles. The molecule has 0 aliphatic carbocycles. The number of benzene rings is 2. The Hall–Kier alpha value is -3.32. The van der Waals surface area contributed by atoms with Gasteiger partial charge in [-0.15, -0.1) is 0 Å². The van der Waals surface area contributed by atoms with Crippen molar-refractivity contribution in [2.24, 2.45) is 0 Å². The van der Waals surface area contributed by atoms with Crippen molar-refractivity contribution < 1.29 is 33.2 Å². The van der Waals surface area contributed by atoms with Crippen molar-refractivity contribution in [1.82, 2.24) is 0 Å². The zero-order valence-corrected chi connectivity index (χ0v) is 16.0. The second kappa shape index (κ2) is 12.2. The maximum absolute atomic E-state index is 5.73. The van der Waals surface area contributed by atoms with Crippen LogP contribution < -0.4 is 18.9 Å². The quantitative estimate of drug-likeness (QED) is 0.664. The molecular formula is C22H24O7. The van der Waals surface area contributed by atoms with Crippen LogP contribution in [0.4, 0.5) is 0 Å². The number of hydrogen-bond donors (Lipinski definition) is 0. The van der Waals surface area contributed by atoms with Gasteiger partial charge < -0.3 is 33.2 Å². The van der Waals surface area contributed by atoms with Gasteiger partial charge in [-0.05, 0) is 24.3 Å². The molecule has 0 amide bonds. The first-order chi connectivity index (χ1) is 14.4. The Kier molecular flexibility index (Phi) is 8.59. The third-order valence-electron chi connectivity index (χ3n) is 3.68. The number of ether oxygens (including phenoxy) is 7. The van der Waals surface area contributed by atoms with Gasteiger partial charge in [0.1, 0.15) is 51.5 Å². The zero-order chi connectivity index (χ0) is 20.0. The lowest BCUT2D eigenvalue weighted by atomic mass is 10.3. The van der Waals surface area contributed by atoms with Gasteiger partial charge in [0.2, 0.25) is 0 Å². The van der Waals surface area contributed by atoms with Gasteiger partial charge in [0.15, 0.2) is 23.0 Å². The molecule has 2 aromatic rings. The molecule has 2 aromatic carbocycles. The monoisotopic (exact) mass is 400 g/mol. The SMILES string of the molecule is C1=C\Oc2ccccc2O/C=C\OCCOc2ccccc2OCCOCCO/1. The second-order valence-corrected chi connectivity index (χ2v) is 5.72. The minimum atomic E-state index is 0.357. The Morgan fingerprint density at radius 2 is 0.897 bits per heavy atom. The summed E-state index contributed by atoms with van der Waals surface area (Å²) in [7, 11) is 0. The van der Waals surface area contributed by atoms with Crippen LogP contribution in [0.25, 0.3) is 0 Å². The molecular weight excluding hydrogens is 376 g/mol. The highest BCUT2D eigenvalue weighted by molar-refractivity contribution is 5.40. The Bertz CT molecular complexity index is 788. The van der Waals surface area contributed by atoms with Crippen LogP contribution in [-0.4, -0.2) is 39.6 Å². The largest absolute Gasteiger partial charge is 0.496 e. The van der Waals surface area contributed by atoms with Crippen molar-refractivity contribution >= 4 is 0 Å². The highest BCUT2D eigenvalue weighted by atomic mass is 16.6. The Morgan fingerprint density at radius 3 is 1.48 bits per heavy atom. The Balaban J connectivity index is 1.59. The summed E-state index contributed by atoms with van der Waals surface area (Å²) in [5.74, 6) is 2.42. The van der Waals surface area contributed by atoms with E-state index in [0.29, 0.717) is 62.6 Å². The molecule has 7 nitrogen and oxygen atoms in total. The van der Waals surface area contributed by atoms with E-state index in [0.717, 1.165) is 0 Å². The van der Waals surface area contributed by atoms with E-state index in [1.54, 1.807) is 12.1 Å². The van der Waals surface area contributed by atoms with Gasteiger partial charge in [0.05, 0.1) is 13.2 Å². The lowest BCUT2D eigenvalue weighted by molar-refractivity contribution is 0.0634. The topological polar surface area (TPSA) is 64.6 Å². The highest BCUT2D eigenvalue weighted by Crippen LogP contribution is 2.27. The van der Waals surface area contributed by atoms with Crippen molar-refractivity contribution in [2.45, 2.75) is 0 Å². The van der Waals surface area contributed by atoms with E-state index in [9.17, 15) is 0 Å². The van der Waals surface area contributed by atoms with E-state index in [2.05, 4.69) is 0 Å². The van der Waals surface area contributed by atoms with Crippen LogP contribution in [-0.2, 0) is 14.2 Å². The maximum atomic E-state index is 5.73. The van der Waals surface area contributed by atoms with Crippen LogP contribution in [0.2, 0.25) is 0 Å². The predicted molar refractivity (Wildman–Crippen MR) is 106 cm³/mol. The summed E-state index contributed by atoms with van der Waals surface area (Å²) in [5.41, 5.74) is 0. The summed E-state index contributed by atoms with van der Waals surface area (Å²) in [6.45, 7) is 2.41. The van der Waals surface area contributed by atoms with Crippen LogP contribution in [0.3, 0.4) is 0 Å². The van der Waals surface area contributed by atoms with Crippen LogP contribution >= 0.6 is 0 Å². The average molecular weight is 400 g/mol. The summed E-state index contributed by atoms with van der Waals surface area (Å²) in [6.07, 6.45) is 5.81. The van der Waals surface area contributed by atoms with Gasteiger partial charge in [-0.2, -0.15) is 0 Å². The first-order valence-corrected chi connectivity index (χ1v) is 9.31. The molecule has 1 heterocycles. The molecule has 0 unspecified atom stereocenters. The summed E-state index contributed by atoms with van der Waals surface area (Å²) in [6, 6.07) is 14.8. The fraction of sp³-hybridized carbons (Fsp3) is 0.273. The molecule has 0 saturated heterocycles. The smallest absolute Gasteiger partial charge is 0.169 e. The molecule has 3 rings (SSSR count). The number of hydrogen-bond acceptors (Lipinski definition) is 7. The van der Waals surface area contributed by atoms with Gasteiger partial charge in [0, 0.05) is 0 Å². The Labute approximate surface area is 170 Å². The summed E-state index contributed by atoms with van der Waals surface area (Å²) < 4.78 is 38.8. The minimum absolute atomic E-state index is 0.357. The second-order valence-electron chi connectivity index (χ2n) is 5.72. The summed E-state index contributed by atoms with van der Waals surface area (Å²) in [4.78, 5) is 0. The average Bonchev–Trinajstić information content (AvgIpc) is 2.75. The normalized spacial score (nSPS) is 18.2. The van der Waals surface area contributed by atoms with Crippen LogP contribution in [0.1, 0.15) is 0 Å².